The molecular weight excluding hydrogens is 1110 g/mol. The van der Waals surface area contributed by atoms with Gasteiger partial charge in [0.1, 0.15) is 35.2 Å². The molecule has 1 aliphatic heterocycles. The van der Waals surface area contributed by atoms with Gasteiger partial charge in [0.05, 0.1) is 48.7 Å². The number of fused-ring (bicyclic) bond motifs is 1. The molecule has 0 spiro atoms. The summed E-state index contributed by atoms with van der Waals surface area (Å²) in [6, 6.07) is 40.9. The van der Waals surface area contributed by atoms with Gasteiger partial charge >= 0.3 is 23.9 Å². The van der Waals surface area contributed by atoms with Crippen LogP contribution in [0.3, 0.4) is 0 Å². The van der Waals surface area contributed by atoms with E-state index in [0.717, 1.165) is 70.6 Å². The standard InChI is InChI=1S/C71H80O16/c1-6-9-12-27-40-77-55-39-38-53(43-56(55)78-41-28-13-10-7-2)62-64(80-46-48(4)5)61(72)60-57(79-42-29-14-11-8-3)44-54(45-58(60)83-62)82-71-66(87-70(76)52-36-25-18-26-37-52)65(86-69(75)51-34-23-17-24-35-51)63(85-68(74)50-32-21-16-22-33-50)59(84-71)47-81-67(73)49-30-19-15-20-31-49/h15-26,30-39,43-45,48,59,63,65-66,71H,6-14,27-29,40-42,46-47H2,1-5H3/t59?,63-,65?,66?,71-/m1/s1. The predicted octanol–water partition coefficient (Wildman–Crippen LogP) is 15.0. The second-order valence-corrected chi connectivity index (χ2v) is 21.8. The molecule has 87 heavy (non-hydrogen) atoms. The average Bonchev–Trinajstić information content (AvgIpc) is 1.26. The Kier molecular flexibility index (Phi) is 24.7. The molecule has 0 saturated carbocycles. The van der Waals surface area contributed by atoms with Gasteiger partial charge in [-0.3, -0.25) is 4.79 Å². The van der Waals surface area contributed by atoms with E-state index < -0.39 is 66.6 Å². The maximum absolute atomic E-state index is 15.3. The topological polar surface area (TPSA) is 191 Å². The Morgan fingerprint density at radius 3 is 1.46 bits per heavy atom. The SMILES string of the molecule is CCCCCCOc1ccc(-c2oc3cc(O[C@@H]4OC(COC(=O)c5ccccc5)[C@@H](OC(=O)c5ccccc5)C(OC(=O)c5ccccc5)C4OC(=O)c4ccccc4)cc(OCCCCCC)c3c(=O)c2OCC(C)C)cc1OCCCCCC. The fourth-order valence-electron chi connectivity index (χ4n) is 9.77. The van der Waals surface area contributed by atoms with Crippen LogP contribution in [0, 0.1) is 5.92 Å². The zero-order valence-corrected chi connectivity index (χ0v) is 50.5. The number of benzene rings is 6. The Bertz CT molecular complexity index is 3350. The first-order valence-electron chi connectivity index (χ1n) is 30.6. The van der Waals surface area contributed by atoms with Crippen molar-refractivity contribution in [2.75, 3.05) is 33.0 Å². The monoisotopic (exact) mass is 1190 g/mol. The third-order valence-electron chi connectivity index (χ3n) is 14.4. The molecule has 460 valence electrons. The van der Waals surface area contributed by atoms with Crippen molar-refractivity contribution in [1.29, 1.82) is 0 Å². The lowest BCUT2D eigenvalue weighted by atomic mass is 9.97. The molecule has 0 amide bonds. The van der Waals surface area contributed by atoms with Gasteiger partial charge in [0.2, 0.25) is 23.6 Å². The summed E-state index contributed by atoms with van der Waals surface area (Å²) in [5.41, 5.74) is 0.557. The number of esters is 4. The summed E-state index contributed by atoms with van der Waals surface area (Å²) in [4.78, 5) is 72.2. The van der Waals surface area contributed by atoms with Crippen molar-refractivity contribution in [3.63, 3.8) is 0 Å². The highest BCUT2D eigenvalue weighted by molar-refractivity contribution is 5.92. The lowest BCUT2D eigenvalue weighted by Gasteiger charge is -2.44. The fraction of sp³-hybridized carbons (Fsp3) is 0.394. The third kappa shape index (κ3) is 18.2. The summed E-state index contributed by atoms with van der Waals surface area (Å²) in [5, 5.41) is 0.0599. The lowest BCUT2D eigenvalue weighted by Crippen LogP contribution is -2.63. The van der Waals surface area contributed by atoms with E-state index in [1.165, 1.54) is 48.5 Å². The first-order valence-corrected chi connectivity index (χ1v) is 30.6. The Hall–Kier alpha value is -8.63. The lowest BCUT2D eigenvalue weighted by molar-refractivity contribution is -0.275. The van der Waals surface area contributed by atoms with E-state index >= 15 is 4.79 Å². The van der Waals surface area contributed by atoms with E-state index in [9.17, 15) is 19.2 Å². The van der Waals surface area contributed by atoms with Crippen LogP contribution in [0.4, 0.5) is 0 Å². The van der Waals surface area contributed by atoms with Crippen LogP contribution in [0.5, 0.6) is 28.7 Å². The van der Waals surface area contributed by atoms with E-state index in [-0.39, 0.29) is 75.4 Å². The van der Waals surface area contributed by atoms with Gasteiger partial charge < -0.3 is 51.8 Å². The van der Waals surface area contributed by atoms with Crippen molar-refractivity contribution in [2.45, 2.75) is 142 Å². The normalized spacial score (nSPS) is 16.4. The minimum absolute atomic E-state index is 0.0161. The van der Waals surface area contributed by atoms with Gasteiger partial charge in [0, 0.05) is 17.7 Å². The molecule has 1 aliphatic rings. The maximum Gasteiger partial charge on any atom is 0.338 e. The molecule has 0 aliphatic carbocycles. The number of hydrogen-bond donors (Lipinski definition) is 0. The summed E-state index contributed by atoms with van der Waals surface area (Å²) in [6.07, 6.45) is 3.19. The Balaban J connectivity index is 1.28. The van der Waals surface area contributed by atoms with Gasteiger partial charge in [-0.25, -0.2) is 19.2 Å². The largest absolute Gasteiger partial charge is 0.493 e. The van der Waals surface area contributed by atoms with Crippen LogP contribution in [0.25, 0.3) is 22.3 Å². The van der Waals surface area contributed by atoms with Gasteiger partial charge in [0.15, 0.2) is 29.5 Å². The van der Waals surface area contributed by atoms with E-state index in [1.54, 1.807) is 97.1 Å². The molecule has 6 aromatic carbocycles. The first-order chi connectivity index (χ1) is 42.5. The van der Waals surface area contributed by atoms with Crippen LogP contribution in [0.15, 0.2) is 161 Å². The number of ether oxygens (including phenoxy) is 10. The van der Waals surface area contributed by atoms with Crippen LogP contribution in [0.2, 0.25) is 0 Å². The highest BCUT2D eigenvalue weighted by Gasteiger charge is 2.54. The average molecular weight is 1190 g/mol. The number of carbonyl (C=O) groups excluding carboxylic acids is 4. The molecule has 5 atom stereocenters. The van der Waals surface area contributed by atoms with Crippen molar-refractivity contribution in [2.24, 2.45) is 5.92 Å². The molecule has 8 rings (SSSR count). The van der Waals surface area contributed by atoms with Gasteiger partial charge in [0.25, 0.3) is 0 Å². The van der Waals surface area contributed by atoms with E-state index in [4.69, 9.17) is 51.8 Å². The summed E-state index contributed by atoms with van der Waals surface area (Å²) in [5.74, 6) is -2.17. The molecule has 2 heterocycles. The molecule has 0 radical (unpaired) electrons. The van der Waals surface area contributed by atoms with Gasteiger partial charge in [-0.1, -0.05) is 165 Å². The van der Waals surface area contributed by atoms with Crippen LogP contribution in [0.1, 0.15) is 153 Å². The van der Waals surface area contributed by atoms with Crippen molar-refractivity contribution in [1.82, 2.24) is 0 Å². The highest BCUT2D eigenvalue weighted by atomic mass is 16.7. The van der Waals surface area contributed by atoms with Crippen LogP contribution >= 0.6 is 0 Å². The molecule has 0 bridgehead atoms. The van der Waals surface area contributed by atoms with Crippen molar-refractivity contribution in [3.05, 3.63) is 184 Å². The minimum Gasteiger partial charge on any atom is -0.493 e. The number of carbonyl (C=O) groups is 4. The number of rotatable bonds is 33. The smallest absolute Gasteiger partial charge is 0.338 e. The fourth-order valence-corrected chi connectivity index (χ4v) is 9.77. The molecule has 0 N–H and O–H groups in total. The highest BCUT2D eigenvalue weighted by Crippen LogP contribution is 2.41. The quantitative estimate of drug-likeness (QED) is 0.0214. The molecule has 16 nitrogen and oxygen atoms in total. The van der Waals surface area contributed by atoms with Crippen molar-refractivity contribution in [3.8, 4) is 40.1 Å². The van der Waals surface area contributed by atoms with Crippen LogP contribution in [-0.2, 0) is 23.7 Å². The van der Waals surface area contributed by atoms with E-state index in [1.807, 2.05) is 19.9 Å². The Morgan fingerprint density at radius 1 is 0.483 bits per heavy atom. The van der Waals surface area contributed by atoms with Crippen LogP contribution in [-0.4, -0.2) is 87.6 Å². The van der Waals surface area contributed by atoms with E-state index in [0.29, 0.717) is 36.7 Å². The summed E-state index contributed by atoms with van der Waals surface area (Å²) >= 11 is 0. The summed E-state index contributed by atoms with van der Waals surface area (Å²) in [6.45, 7) is 11.1. The maximum atomic E-state index is 15.3. The number of hydrogen-bond acceptors (Lipinski definition) is 16. The third-order valence-corrected chi connectivity index (χ3v) is 14.4. The number of unbranched alkanes of at least 4 members (excludes halogenated alkanes) is 9. The van der Waals surface area contributed by atoms with Gasteiger partial charge in [-0.05, 0) is 91.9 Å². The second kappa shape index (κ2) is 33.3. The Morgan fingerprint density at radius 2 is 0.954 bits per heavy atom. The van der Waals surface area contributed by atoms with Crippen molar-refractivity contribution >= 4 is 34.8 Å². The summed E-state index contributed by atoms with van der Waals surface area (Å²) < 4.78 is 71.1. The molecule has 1 saturated heterocycles. The zero-order valence-electron chi connectivity index (χ0n) is 50.5. The second-order valence-electron chi connectivity index (χ2n) is 21.8. The molecule has 1 fully saturated rings. The molecule has 1 aromatic heterocycles. The molecule has 16 heteroatoms. The van der Waals surface area contributed by atoms with Gasteiger partial charge in [-0.15, -0.1) is 0 Å². The van der Waals surface area contributed by atoms with Gasteiger partial charge in [-0.2, -0.15) is 0 Å². The molecule has 3 unspecified atom stereocenters. The van der Waals surface area contributed by atoms with Crippen molar-refractivity contribution < 1.29 is 71.0 Å². The summed E-state index contributed by atoms with van der Waals surface area (Å²) in [7, 11) is 0. The Labute approximate surface area is 509 Å². The first kappa shape index (κ1) is 64.4. The predicted molar refractivity (Wildman–Crippen MR) is 330 cm³/mol. The minimum atomic E-state index is -1.75. The molecular formula is C71H80O16. The van der Waals surface area contributed by atoms with Crippen LogP contribution < -0.4 is 29.1 Å². The molecule has 7 aromatic rings. The van der Waals surface area contributed by atoms with E-state index in [2.05, 4.69) is 20.8 Å². The zero-order chi connectivity index (χ0) is 61.3.